The molecular weight excluding hydrogens is 430 g/mol. The Kier molecular flexibility index (Phi) is 5.07. The third-order valence-electron chi connectivity index (χ3n) is 4.86. The molecule has 0 bridgehead atoms. The number of pyridine rings is 1. The van der Waals surface area contributed by atoms with Crippen molar-refractivity contribution in [2.45, 2.75) is 19.9 Å². The van der Waals surface area contributed by atoms with Gasteiger partial charge in [0.15, 0.2) is 0 Å². The predicted octanol–water partition coefficient (Wildman–Crippen LogP) is 4.61. The van der Waals surface area contributed by atoms with Gasteiger partial charge in [0.1, 0.15) is 5.82 Å². The molecule has 0 aliphatic carbocycles. The Morgan fingerprint density at radius 3 is 2.66 bits per heavy atom. The number of nitrogens with zero attached hydrogens (tertiary/aromatic N) is 3. The molecule has 0 aliphatic heterocycles. The molecule has 2 aromatic carbocycles. The summed E-state index contributed by atoms with van der Waals surface area (Å²) in [7, 11) is 0. The minimum Gasteiger partial charge on any atom is -0.368 e. The van der Waals surface area contributed by atoms with E-state index in [1.54, 1.807) is 10.8 Å². The quantitative estimate of drug-likeness (QED) is 0.475. The second-order valence-electron chi connectivity index (χ2n) is 6.88. The van der Waals surface area contributed by atoms with Crippen LogP contribution in [0.4, 0.5) is 11.8 Å². The van der Waals surface area contributed by atoms with Crippen LogP contribution in [-0.2, 0) is 0 Å². The Labute approximate surface area is 176 Å². The van der Waals surface area contributed by atoms with Crippen LogP contribution < -0.4 is 16.6 Å². The van der Waals surface area contributed by atoms with Crippen molar-refractivity contribution in [3.05, 3.63) is 86.9 Å². The fourth-order valence-corrected chi connectivity index (χ4v) is 3.78. The van der Waals surface area contributed by atoms with Crippen LogP contribution in [0.3, 0.4) is 0 Å². The van der Waals surface area contributed by atoms with Gasteiger partial charge >= 0.3 is 0 Å². The number of hydrogen-bond donors (Lipinski definition) is 2. The van der Waals surface area contributed by atoms with Gasteiger partial charge in [-0.2, -0.15) is 4.98 Å². The molecule has 1 atom stereocenters. The summed E-state index contributed by atoms with van der Waals surface area (Å²) < 4.78 is 2.45. The van der Waals surface area contributed by atoms with Crippen LogP contribution in [0.5, 0.6) is 0 Å². The van der Waals surface area contributed by atoms with Gasteiger partial charge in [0, 0.05) is 17.6 Å². The van der Waals surface area contributed by atoms with Gasteiger partial charge in [-0.3, -0.25) is 9.36 Å². The zero-order valence-electron chi connectivity index (χ0n) is 16.1. The molecule has 0 saturated carbocycles. The van der Waals surface area contributed by atoms with Crippen molar-refractivity contribution in [1.29, 1.82) is 0 Å². The van der Waals surface area contributed by atoms with Gasteiger partial charge in [0.25, 0.3) is 5.56 Å². The number of hydrogen-bond acceptors (Lipinski definition) is 5. The van der Waals surface area contributed by atoms with Crippen molar-refractivity contribution in [3.63, 3.8) is 0 Å². The highest BCUT2D eigenvalue weighted by Crippen LogP contribution is 2.27. The summed E-state index contributed by atoms with van der Waals surface area (Å²) in [6, 6.07) is 17.4. The van der Waals surface area contributed by atoms with E-state index in [1.807, 2.05) is 68.4 Å². The van der Waals surface area contributed by atoms with Crippen molar-refractivity contribution in [2.75, 3.05) is 11.1 Å². The molecule has 0 spiro atoms. The van der Waals surface area contributed by atoms with E-state index in [2.05, 4.69) is 31.2 Å². The number of nitrogen functional groups attached to an aromatic ring is 1. The Morgan fingerprint density at radius 1 is 1.14 bits per heavy atom. The van der Waals surface area contributed by atoms with Gasteiger partial charge in [-0.05, 0) is 58.9 Å². The van der Waals surface area contributed by atoms with Crippen LogP contribution in [0.1, 0.15) is 24.2 Å². The summed E-state index contributed by atoms with van der Waals surface area (Å²) in [5.41, 5.74) is 8.28. The van der Waals surface area contributed by atoms with Crippen LogP contribution in [0.15, 0.2) is 70.1 Å². The van der Waals surface area contributed by atoms with Crippen molar-refractivity contribution >= 4 is 38.5 Å². The van der Waals surface area contributed by atoms with Gasteiger partial charge in [-0.1, -0.05) is 36.4 Å². The van der Waals surface area contributed by atoms with Crippen LogP contribution in [0.2, 0.25) is 0 Å². The number of aromatic nitrogens is 3. The number of nitrogens with two attached hydrogens (primary N) is 1. The SMILES string of the molecule is Cc1cccc2cc([C@H](C)Nc3nc(N)ncc3Br)n(-c3ccccc3)c(=O)c12. The van der Waals surface area contributed by atoms with Crippen LogP contribution in [0.25, 0.3) is 16.5 Å². The lowest BCUT2D eigenvalue weighted by atomic mass is 10.0. The zero-order chi connectivity index (χ0) is 20.5. The van der Waals surface area contributed by atoms with E-state index in [1.165, 1.54) is 0 Å². The first-order chi connectivity index (χ1) is 14.0. The van der Waals surface area contributed by atoms with E-state index in [9.17, 15) is 4.79 Å². The first-order valence-electron chi connectivity index (χ1n) is 9.21. The molecular formula is C22H20BrN5O. The van der Waals surface area contributed by atoms with Crippen LogP contribution >= 0.6 is 15.9 Å². The van der Waals surface area contributed by atoms with E-state index in [0.717, 1.165) is 27.7 Å². The zero-order valence-corrected chi connectivity index (χ0v) is 17.6. The highest BCUT2D eigenvalue weighted by atomic mass is 79.9. The van der Waals surface area contributed by atoms with E-state index >= 15 is 0 Å². The van der Waals surface area contributed by atoms with Crippen molar-refractivity contribution in [1.82, 2.24) is 14.5 Å². The van der Waals surface area contributed by atoms with Crippen molar-refractivity contribution in [2.24, 2.45) is 0 Å². The van der Waals surface area contributed by atoms with Gasteiger partial charge in [-0.15, -0.1) is 0 Å². The molecule has 2 heterocycles. The first kappa shape index (κ1) is 19.1. The molecule has 29 heavy (non-hydrogen) atoms. The third-order valence-corrected chi connectivity index (χ3v) is 5.44. The molecule has 4 aromatic rings. The van der Waals surface area contributed by atoms with Crippen molar-refractivity contribution in [3.8, 4) is 5.69 Å². The molecule has 0 radical (unpaired) electrons. The Balaban J connectivity index is 1.93. The summed E-state index contributed by atoms with van der Waals surface area (Å²) in [6.07, 6.45) is 1.60. The fraction of sp³-hybridized carbons (Fsp3) is 0.136. The number of anilines is 2. The lowest BCUT2D eigenvalue weighted by Crippen LogP contribution is -2.26. The summed E-state index contributed by atoms with van der Waals surface area (Å²) in [5, 5.41) is 4.98. The first-order valence-corrected chi connectivity index (χ1v) is 10.0. The standard InChI is InChI=1S/C22H20BrN5O/c1-13-7-6-8-15-11-18(14(2)26-20-17(23)12-25-22(24)27-20)28(21(29)19(13)15)16-9-4-3-5-10-16/h3-12,14H,1-2H3,(H3,24,25,26,27)/t14-/m0/s1. The minimum absolute atomic E-state index is 0.0447. The highest BCUT2D eigenvalue weighted by Gasteiger charge is 2.18. The van der Waals surface area contributed by atoms with E-state index in [4.69, 9.17) is 5.73 Å². The predicted molar refractivity (Wildman–Crippen MR) is 120 cm³/mol. The monoisotopic (exact) mass is 449 g/mol. The van der Waals surface area contributed by atoms with E-state index in [0.29, 0.717) is 10.3 Å². The lowest BCUT2D eigenvalue weighted by molar-refractivity contribution is 0.772. The van der Waals surface area contributed by atoms with E-state index in [-0.39, 0.29) is 17.5 Å². The lowest BCUT2D eigenvalue weighted by Gasteiger charge is -2.22. The van der Waals surface area contributed by atoms with E-state index < -0.39 is 0 Å². The second kappa shape index (κ2) is 7.67. The molecule has 146 valence electrons. The van der Waals surface area contributed by atoms with Gasteiger partial charge in [0.05, 0.1) is 15.9 Å². The summed E-state index contributed by atoms with van der Waals surface area (Å²) >= 11 is 3.45. The molecule has 3 N–H and O–H groups in total. The van der Waals surface area contributed by atoms with Crippen LogP contribution in [0, 0.1) is 6.92 Å². The number of nitrogens with one attached hydrogen (secondary N) is 1. The highest BCUT2D eigenvalue weighted by molar-refractivity contribution is 9.10. The maximum Gasteiger partial charge on any atom is 0.263 e. The van der Waals surface area contributed by atoms with Crippen molar-refractivity contribution < 1.29 is 0 Å². The number of rotatable bonds is 4. The topological polar surface area (TPSA) is 85.8 Å². The number of halogens is 1. The molecule has 0 fully saturated rings. The number of para-hydroxylation sites is 1. The molecule has 7 heteroatoms. The second-order valence-corrected chi connectivity index (χ2v) is 7.73. The molecule has 6 nitrogen and oxygen atoms in total. The molecule has 0 aliphatic rings. The Morgan fingerprint density at radius 2 is 1.90 bits per heavy atom. The summed E-state index contributed by atoms with van der Waals surface area (Å²) in [5.74, 6) is 0.749. The molecule has 0 saturated heterocycles. The normalized spacial score (nSPS) is 12.1. The number of aryl methyl sites for hydroxylation is 1. The molecule has 2 aromatic heterocycles. The average Bonchev–Trinajstić information content (AvgIpc) is 2.71. The molecule has 4 rings (SSSR count). The van der Waals surface area contributed by atoms with Gasteiger partial charge in [-0.25, -0.2) is 4.98 Å². The largest absolute Gasteiger partial charge is 0.368 e. The number of fused-ring (bicyclic) bond motifs is 1. The average molecular weight is 450 g/mol. The number of benzene rings is 2. The molecule has 0 amide bonds. The Bertz CT molecular complexity index is 1250. The maximum atomic E-state index is 13.5. The van der Waals surface area contributed by atoms with Crippen LogP contribution in [-0.4, -0.2) is 14.5 Å². The third kappa shape index (κ3) is 3.61. The molecule has 0 unspecified atom stereocenters. The summed E-state index contributed by atoms with van der Waals surface area (Å²) in [4.78, 5) is 21.8. The van der Waals surface area contributed by atoms with Gasteiger partial charge < -0.3 is 11.1 Å². The summed E-state index contributed by atoms with van der Waals surface area (Å²) in [6.45, 7) is 3.95. The Hall–Kier alpha value is -3.19. The smallest absolute Gasteiger partial charge is 0.263 e. The minimum atomic E-state index is -0.224. The maximum absolute atomic E-state index is 13.5. The fourth-order valence-electron chi connectivity index (χ4n) is 3.48. The van der Waals surface area contributed by atoms with Gasteiger partial charge in [0.2, 0.25) is 5.95 Å².